The lowest BCUT2D eigenvalue weighted by Gasteiger charge is -2.23. The molecular formula is C17H34N4O4S. The van der Waals surface area contributed by atoms with Crippen LogP contribution in [0.15, 0.2) is 0 Å². The molecule has 152 valence electrons. The third kappa shape index (κ3) is 10.6. The zero-order valence-electron chi connectivity index (χ0n) is 16.0. The van der Waals surface area contributed by atoms with Gasteiger partial charge in [0.15, 0.2) is 0 Å². The molecule has 0 saturated carbocycles. The van der Waals surface area contributed by atoms with Crippen molar-refractivity contribution in [2.45, 2.75) is 64.1 Å². The minimum absolute atomic E-state index is 0.113. The van der Waals surface area contributed by atoms with Crippen LogP contribution in [0.3, 0.4) is 0 Å². The van der Waals surface area contributed by atoms with Gasteiger partial charge in [-0.3, -0.25) is 9.59 Å². The molecule has 0 bridgehead atoms. The summed E-state index contributed by atoms with van der Waals surface area (Å²) in [5, 5.41) is 14.5. The van der Waals surface area contributed by atoms with Crippen LogP contribution in [0.1, 0.15) is 46.0 Å². The van der Waals surface area contributed by atoms with Crippen LogP contribution in [0.25, 0.3) is 0 Å². The number of nitrogens with one attached hydrogen (secondary N) is 2. The Hall–Kier alpha value is -1.32. The maximum absolute atomic E-state index is 12.5. The summed E-state index contributed by atoms with van der Waals surface area (Å²) in [6.07, 6.45) is 4.50. The number of amides is 2. The first-order valence-corrected chi connectivity index (χ1v) is 10.4. The first-order valence-electron chi connectivity index (χ1n) is 9.01. The Morgan fingerprint density at radius 1 is 1.04 bits per heavy atom. The van der Waals surface area contributed by atoms with E-state index in [1.165, 1.54) is 0 Å². The summed E-state index contributed by atoms with van der Waals surface area (Å²) in [7, 11) is 0. The molecule has 8 nitrogen and oxygen atoms in total. The van der Waals surface area contributed by atoms with Crippen LogP contribution in [0.5, 0.6) is 0 Å². The van der Waals surface area contributed by atoms with Gasteiger partial charge in [0.25, 0.3) is 0 Å². The van der Waals surface area contributed by atoms with Crippen LogP contribution >= 0.6 is 11.8 Å². The number of nitrogens with two attached hydrogens (primary N) is 2. The summed E-state index contributed by atoms with van der Waals surface area (Å²) < 4.78 is 0. The van der Waals surface area contributed by atoms with Crippen molar-refractivity contribution in [3.63, 3.8) is 0 Å². The van der Waals surface area contributed by atoms with Crippen molar-refractivity contribution in [2.24, 2.45) is 17.4 Å². The van der Waals surface area contributed by atoms with Crippen molar-refractivity contribution < 1.29 is 19.5 Å². The van der Waals surface area contributed by atoms with Crippen molar-refractivity contribution in [2.75, 3.05) is 18.6 Å². The van der Waals surface area contributed by atoms with Crippen LogP contribution in [-0.4, -0.2) is 59.6 Å². The van der Waals surface area contributed by atoms with Crippen molar-refractivity contribution >= 4 is 29.5 Å². The van der Waals surface area contributed by atoms with E-state index in [1.54, 1.807) is 11.8 Å². The van der Waals surface area contributed by atoms with Gasteiger partial charge < -0.3 is 27.2 Å². The number of hydrogen-bond donors (Lipinski definition) is 5. The fourth-order valence-electron chi connectivity index (χ4n) is 2.38. The van der Waals surface area contributed by atoms with Crippen LogP contribution in [0.4, 0.5) is 0 Å². The summed E-state index contributed by atoms with van der Waals surface area (Å²) in [6, 6.07) is -2.50. The molecule has 7 N–H and O–H groups in total. The van der Waals surface area contributed by atoms with E-state index in [4.69, 9.17) is 11.5 Å². The summed E-state index contributed by atoms with van der Waals surface area (Å²) in [6.45, 7) is 4.25. The van der Waals surface area contributed by atoms with Crippen LogP contribution in [0.2, 0.25) is 0 Å². The highest BCUT2D eigenvalue weighted by Crippen LogP contribution is 2.08. The number of carbonyl (C=O) groups excluding carboxylic acids is 2. The van der Waals surface area contributed by atoms with Crippen molar-refractivity contribution in [1.29, 1.82) is 0 Å². The number of thioether (sulfide) groups is 1. The molecule has 0 rings (SSSR count). The number of hydrogen-bond acceptors (Lipinski definition) is 6. The number of carboxylic acid groups (broad SMARTS) is 1. The van der Waals surface area contributed by atoms with E-state index in [1.807, 2.05) is 20.1 Å². The Labute approximate surface area is 160 Å². The lowest BCUT2D eigenvalue weighted by Crippen LogP contribution is -2.54. The summed E-state index contributed by atoms with van der Waals surface area (Å²) in [4.78, 5) is 36.1. The quantitative estimate of drug-likeness (QED) is 0.268. The highest BCUT2D eigenvalue weighted by Gasteiger charge is 2.28. The van der Waals surface area contributed by atoms with Gasteiger partial charge in [-0.15, -0.1) is 0 Å². The minimum atomic E-state index is -1.09. The molecule has 0 heterocycles. The number of aliphatic carboxylic acids is 1. The third-order valence-electron chi connectivity index (χ3n) is 3.87. The molecule has 2 amide bonds. The number of rotatable bonds is 14. The maximum Gasteiger partial charge on any atom is 0.326 e. The van der Waals surface area contributed by atoms with Crippen LogP contribution < -0.4 is 22.1 Å². The molecule has 0 fully saturated rings. The van der Waals surface area contributed by atoms with E-state index in [2.05, 4.69) is 10.6 Å². The van der Waals surface area contributed by atoms with E-state index in [9.17, 15) is 19.5 Å². The molecule has 3 atom stereocenters. The van der Waals surface area contributed by atoms with Crippen LogP contribution in [0, 0.1) is 5.92 Å². The molecule has 0 radical (unpaired) electrons. The maximum atomic E-state index is 12.5. The zero-order chi connectivity index (χ0) is 20.1. The van der Waals surface area contributed by atoms with Crippen LogP contribution in [-0.2, 0) is 14.4 Å². The Kier molecular flexibility index (Phi) is 13.1. The van der Waals surface area contributed by atoms with Gasteiger partial charge in [0.05, 0.1) is 6.04 Å². The van der Waals surface area contributed by atoms with Gasteiger partial charge in [0.1, 0.15) is 12.1 Å². The predicted molar refractivity (Wildman–Crippen MR) is 105 cm³/mol. The van der Waals surface area contributed by atoms with Gasteiger partial charge >= 0.3 is 5.97 Å². The van der Waals surface area contributed by atoms with Gasteiger partial charge in [0.2, 0.25) is 11.8 Å². The summed E-state index contributed by atoms with van der Waals surface area (Å²) >= 11 is 1.59. The lowest BCUT2D eigenvalue weighted by atomic mass is 10.0. The molecule has 9 heteroatoms. The molecule has 0 spiro atoms. The average Bonchev–Trinajstić information content (AvgIpc) is 2.57. The Balaban J connectivity index is 4.94. The predicted octanol–water partition coefficient (Wildman–Crippen LogP) is 0.296. The smallest absolute Gasteiger partial charge is 0.326 e. The largest absolute Gasteiger partial charge is 0.480 e. The highest BCUT2D eigenvalue weighted by atomic mass is 32.2. The number of carboxylic acids is 1. The fourth-order valence-corrected chi connectivity index (χ4v) is 2.87. The molecular weight excluding hydrogens is 356 g/mol. The second kappa shape index (κ2) is 13.8. The van der Waals surface area contributed by atoms with E-state index >= 15 is 0 Å². The Morgan fingerprint density at radius 3 is 2.15 bits per heavy atom. The van der Waals surface area contributed by atoms with Gasteiger partial charge in [-0.25, -0.2) is 4.79 Å². The number of unbranched alkanes of at least 4 members (excludes halogenated alkanes) is 1. The van der Waals surface area contributed by atoms with Gasteiger partial charge in [-0.1, -0.05) is 13.8 Å². The molecule has 0 aromatic carbocycles. The number of carbonyl (C=O) groups is 3. The van der Waals surface area contributed by atoms with Gasteiger partial charge in [-0.05, 0) is 56.6 Å². The molecule has 0 aliphatic heterocycles. The topological polar surface area (TPSA) is 148 Å². The first kappa shape index (κ1) is 24.7. The monoisotopic (exact) mass is 390 g/mol. The molecule has 0 unspecified atom stereocenters. The standard InChI is InChI=1S/C17H34N4O4S/c1-11(2)10-14(17(24)25)21-16(23)13(6-4-5-8-18)20-15(22)12(19)7-9-26-3/h11-14H,4-10,18-19H2,1-3H3,(H,20,22)(H,21,23)(H,24,25)/t12-,13-,14-/m0/s1. The zero-order valence-corrected chi connectivity index (χ0v) is 16.8. The molecule has 0 aliphatic rings. The summed E-state index contributed by atoms with van der Waals surface area (Å²) in [5.41, 5.74) is 11.3. The SMILES string of the molecule is CSCC[C@H](N)C(=O)N[C@@H](CCCCN)C(=O)N[C@@H](CC(C)C)C(=O)O. The Bertz CT molecular complexity index is 448. The van der Waals surface area contributed by atoms with E-state index in [0.29, 0.717) is 38.6 Å². The van der Waals surface area contributed by atoms with Crippen molar-refractivity contribution in [3.8, 4) is 0 Å². The third-order valence-corrected chi connectivity index (χ3v) is 4.52. The molecule has 0 aliphatic carbocycles. The second-order valence-electron chi connectivity index (χ2n) is 6.76. The molecule has 0 aromatic heterocycles. The first-order chi connectivity index (χ1) is 12.2. The second-order valence-corrected chi connectivity index (χ2v) is 7.75. The van der Waals surface area contributed by atoms with E-state index < -0.39 is 35.9 Å². The van der Waals surface area contributed by atoms with Crippen molar-refractivity contribution in [1.82, 2.24) is 10.6 Å². The van der Waals surface area contributed by atoms with Gasteiger partial charge in [-0.2, -0.15) is 11.8 Å². The minimum Gasteiger partial charge on any atom is -0.480 e. The van der Waals surface area contributed by atoms with Gasteiger partial charge in [0, 0.05) is 0 Å². The highest BCUT2D eigenvalue weighted by molar-refractivity contribution is 7.98. The molecule has 0 aromatic rings. The molecule has 0 saturated heterocycles. The normalized spacial score (nSPS) is 14.5. The van der Waals surface area contributed by atoms with E-state index in [0.717, 1.165) is 5.75 Å². The average molecular weight is 391 g/mol. The fraction of sp³-hybridized carbons (Fsp3) is 0.824. The molecule has 26 heavy (non-hydrogen) atoms. The Morgan fingerprint density at radius 2 is 1.65 bits per heavy atom. The summed E-state index contributed by atoms with van der Waals surface area (Å²) in [5.74, 6) is -1.13. The lowest BCUT2D eigenvalue weighted by molar-refractivity contribution is -0.142. The van der Waals surface area contributed by atoms with E-state index in [-0.39, 0.29) is 5.92 Å². The van der Waals surface area contributed by atoms with Crippen molar-refractivity contribution in [3.05, 3.63) is 0 Å².